The van der Waals surface area contributed by atoms with Crippen LogP contribution in [0, 0.1) is 23.0 Å². The molecular weight excluding hydrogens is 689 g/mol. The molecule has 0 spiro atoms. The Morgan fingerprint density at radius 1 is 1.06 bits per heavy atom. The number of anilines is 1. The number of piperazine rings is 1. The monoisotopic (exact) mass is 734 g/mol. The van der Waals surface area contributed by atoms with Crippen LogP contribution in [0.15, 0.2) is 18.2 Å². The van der Waals surface area contributed by atoms with Crippen LogP contribution in [0.25, 0.3) is 22.0 Å². The lowest BCUT2D eigenvalue weighted by molar-refractivity contribution is 0.0122. The van der Waals surface area contributed by atoms with Gasteiger partial charge in [-0.05, 0) is 101 Å². The summed E-state index contributed by atoms with van der Waals surface area (Å²) in [5.41, 5.74) is -0.544. The standard InChI is InChI=1S/C39H45F3N6O5/c1-38(2,3)53-37(49)48-25-8-9-26(48)19-46(18-25)35-29-14-30(41)32(28-13-27(52-21-50-4)12-23(16-43)31(28)22-6-7-22)33(42)34(29)44-36(45-35)51-20-39-10-5-11-47(39)17-24(40)15-39/h12-14,22,24-26H,5-11,15,17-21H2,1-4H3/t24-,25-,26+,39+/m1/s1. The van der Waals surface area contributed by atoms with Crippen LogP contribution in [0.5, 0.6) is 11.8 Å². The Morgan fingerprint density at radius 2 is 1.81 bits per heavy atom. The molecule has 11 nitrogen and oxygen atoms in total. The largest absolute Gasteiger partial charge is 0.468 e. The Hall–Kier alpha value is -4.35. The molecule has 5 fully saturated rings. The minimum absolute atomic E-state index is 0.0263. The van der Waals surface area contributed by atoms with Crippen molar-refractivity contribution in [1.29, 1.82) is 5.26 Å². The fourth-order valence-electron chi connectivity index (χ4n) is 9.00. The molecule has 1 aromatic heterocycles. The third-order valence-electron chi connectivity index (χ3n) is 11.3. The third kappa shape index (κ3) is 6.60. The topological polar surface area (TPSA) is 113 Å². The number of carbonyl (C=O) groups excluding carboxylic acids is 1. The lowest BCUT2D eigenvalue weighted by Gasteiger charge is -2.42. The van der Waals surface area contributed by atoms with Gasteiger partial charge in [0.1, 0.15) is 41.3 Å². The average molecular weight is 735 g/mol. The molecule has 2 aromatic carbocycles. The van der Waals surface area contributed by atoms with Crippen LogP contribution in [0.4, 0.5) is 23.8 Å². The lowest BCUT2D eigenvalue weighted by Crippen LogP contribution is -2.57. The first-order valence-corrected chi connectivity index (χ1v) is 18.6. The van der Waals surface area contributed by atoms with Gasteiger partial charge >= 0.3 is 12.1 Å². The van der Waals surface area contributed by atoms with E-state index >= 15 is 8.78 Å². The van der Waals surface area contributed by atoms with Crippen LogP contribution in [0.1, 0.15) is 82.8 Å². The van der Waals surface area contributed by atoms with Gasteiger partial charge in [-0.1, -0.05) is 0 Å². The van der Waals surface area contributed by atoms with E-state index in [0.717, 1.165) is 45.1 Å². The smallest absolute Gasteiger partial charge is 0.410 e. The molecule has 2 bridgehead atoms. The van der Waals surface area contributed by atoms with Crippen molar-refractivity contribution in [3.8, 4) is 29.0 Å². The number of rotatable bonds is 9. The van der Waals surface area contributed by atoms with Gasteiger partial charge in [0.25, 0.3) is 0 Å². The summed E-state index contributed by atoms with van der Waals surface area (Å²) in [5.74, 6) is -1.23. The fourth-order valence-corrected chi connectivity index (χ4v) is 9.00. The Balaban J connectivity index is 1.23. The highest BCUT2D eigenvalue weighted by Crippen LogP contribution is 2.49. The predicted molar refractivity (Wildman–Crippen MR) is 190 cm³/mol. The van der Waals surface area contributed by atoms with Gasteiger partial charge in [0.15, 0.2) is 12.6 Å². The minimum Gasteiger partial charge on any atom is -0.468 e. The number of halogens is 3. The first-order valence-electron chi connectivity index (χ1n) is 18.6. The minimum atomic E-state index is -0.964. The maximum absolute atomic E-state index is 17.2. The van der Waals surface area contributed by atoms with E-state index in [2.05, 4.69) is 16.0 Å². The van der Waals surface area contributed by atoms with E-state index in [9.17, 15) is 14.4 Å². The second-order valence-corrected chi connectivity index (χ2v) is 16.2. The second kappa shape index (κ2) is 13.5. The maximum Gasteiger partial charge on any atom is 0.410 e. The molecule has 4 aliphatic heterocycles. The van der Waals surface area contributed by atoms with E-state index in [1.54, 1.807) is 17.0 Å². The van der Waals surface area contributed by atoms with Crippen molar-refractivity contribution in [2.75, 3.05) is 51.6 Å². The SMILES string of the molecule is COCOc1cc(C#N)c(C2CC2)c(-c2c(F)cc3c(N4C[C@H]5CC[C@@H](C4)N5C(=O)OC(C)(C)C)nc(OC[C@@]45CCCN4C[C@H](F)C5)nc3c2F)c1. The van der Waals surface area contributed by atoms with Crippen molar-refractivity contribution >= 4 is 22.8 Å². The van der Waals surface area contributed by atoms with Crippen molar-refractivity contribution in [2.45, 2.75) is 101 Å². The zero-order valence-corrected chi connectivity index (χ0v) is 30.6. The number of ether oxygens (including phenoxy) is 4. The number of carbonyl (C=O) groups is 1. The summed E-state index contributed by atoms with van der Waals surface area (Å²) < 4.78 is 71.2. The van der Waals surface area contributed by atoms with Crippen LogP contribution in [0.2, 0.25) is 0 Å². The molecule has 282 valence electrons. The number of hydrogen-bond acceptors (Lipinski definition) is 10. The maximum atomic E-state index is 17.2. The van der Waals surface area contributed by atoms with Crippen molar-refractivity contribution in [1.82, 2.24) is 19.8 Å². The molecule has 4 atom stereocenters. The molecule has 1 amide bonds. The Labute approximate surface area is 306 Å². The van der Waals surface area contributed by atoms with Crippen LogP contribution in [-0.4, -0.2) is 102 Å². The second-order valence-electron chi connectivity index (χ2n) is 16.2. The molecule has 0 unspecified atom stereocenters. The van der Waals surface area contributed by atoms with Crippen molar-refractivity contribution in [2.24, 2.45) is 0 Å². The number of fused-ring (bicyclic) bond motifs is 4. The van der Waals surface area contributed by atoms with Gasteiger partial charge in [-0.25, -0.2) is 18.0 Å². The van der Waals surface area contributed by atoms with E-state index in [1.165, 1.54) is 13.2 Å². The van der Waals surface area contributed by atoms with Crippen molar-refractivity contribution < 1.29 is 36.9 Å². The molecule has 14 heteroatoms. The van der Waals surface area contributed by atoms with Gasteiger partial charge in [-0.15, -0.1) is 0 Å². The van der Waals surface area contributed by atoms with Gasteiger partial charge < -0.3 is 23.8 Å². The number of hydrogen-bond donors (Lipinski definition) is 0. The Kier molecular flexibility index (Phi) is 9.08. The van der Waals surface area contributed by atoms with E-state index in [0.29, 0.717) is 37.4 Å². The molecule has 5 aliphatic rings. The molecule has 3 aromatic rings. The molecule has 1 saturated carbocycles. The number of amides is 1. The number of methoxy groups -OCH3 is 1. The molecule has 8 rings (SSSR count). The summed E-state index contributed by atoms with van der Waals surface area (Å²) in [6.07, 6.45) is 3.74. The highest BCUT2D eigenvalue weighted by molar-refractivity contribution is 5.94. The van der Waals surface area contributed by atoms with Crippen LogP contribution in [-0.2, 0) is 9.47 Å². The number of nitrogens with zero attached hydrogens (tertiary/aromatic N) is 6. The zero-order valence-electron chi connectivity index (χ0n) is 30.6. The van der Waals surface area contributed by atoms with E-state index in [-0.39, 0.29) is 76.8 Å². The van der Waals surface area contributed by atoms with Crippen LogP contribution in [0.3, 0.4) is 0 Å². The molecule has 0 N–H and O–H groups in total. The predicted octanol–water partition coefficient (Wildman–Crippen LogP) is 6.85. The lowest BCUT2D eigenvalue weighted by atomic mass is 9.91. The molecule has 53 heavy (non-hydrogen) atoms. The molecular formula is C39H45F3N6O5. The quantitative estimate of drug-likeness (QED) is 0.217. The third-order valence-corrected chi connectivity index (χ3v) is 11.3. The number of aromatic nitrogens is 2. The zero-order chi connectivity index (χ0) is 37.2. The average Bonchev–Trinajstić information content (AvgIpc) is 3.72. The first kappa shape index (κ1) is 35.7. The Morgan fingerprint density at radius 3 is 2.49 bits per heavy atom. The first-order chi connectivity index (χ1) is 25.4. The summed E-state index contributed by atoms with van der Waals surface area (Å²) in [6, 6.07) is 6.09. The number of alkyl halides is 1. The van der Waals surface area contributed by atoms with E-state index in [1.807, 2.05) is 25.7 Å². The van der Waals surface area contributed by atoms with Crippen molar-refractivity contribution in [3.63, 3.8) is 0 Å². The van der Waals surface area contributed by atoms with Crippen molar-refractivity contribution in [3.05, 3.63) is 41.0 Å². The van der Waals surface area contributed by atoms with Gasteiger partial charge in [0.05, 0.1) is 34.8 Å². The fraction of sp³-hybridized carbons (Fsp3) is 0.590. The van der Waals surface area contributed by atoms with Gasteiger partial charge in [-0.3, -0.25) is 9.80 Å². The normalized spacial score (nSPS) is 25.5. The summed E-state index contributed by atoms with van der Waals surface area (Å²) >= 11 is 0. The molecule has 0 radical (unpaired) electrons. The number of nitriles is 1. The summed E-state index contributed by atoms with van der Waals surface area (Å²) in [4.78, 5) is 28.5. The van der Waals surface area contributed by atoms with Crippen LogP contribution >= 0.6 is 0 Å². The number of benzene rings is 2. The summed E-state index contributed by atoms with van der Waals surface area (Å²) in [6.45, 7) is 7.35. The highest BCUT2D eigenvalue weighted by Gasteiger charge is 2.50. The summed E-state index contributed by atoms with van der Waals surface area (Å²) in [7, 11) is 1.46. The van der Waals surface area contributed by atoms with Gasteiger partial charge in [-0.2, -0.15) is 15.2 Å². The van der Waals surface area contributed by atoms with Gasteiger partial charge in [0, 0.05) is 38.6 Å². The Bertz CT molecular complexity index is 1970. The van der Waals surface area contributed by atoms with Crippen LogP contribution < -0.4 is 14.4 Å². The molecule has 1 aliphatic carbocycles. The van der Waals surface area contributed by atoms with E-state index in [4.69, 9.17) is 23.9 Å². The van der Waals surface area contributed by atoms with Gasteiger partial charge in [0.2, 0.25) is 0 Å². The van der Waals surface area contributed by atoms with E-state index < -0.39 is 28.9 Å². The summed E-state index contributed by atoms with van der Waals surface area (Å²) in [5, 5.41) is 10.3. The molecule has 5 heterocycles. The molecule has 4 saturated heterocycles. The highest BCUT2D eigenvalue weighted by atomic mass is 19.1.